The lowest BCUT2D eigenvalue weighted by molar-refractivity contribution is 0.0584. The first kappa shape index (κ1) is 25.2. The van der Waals surface area contributed by atoms with Gasteiger partial charge in [0, 0.05) is 25.2 Å². The molecule has 2 aromatic rings. The summed E-state index contributed by atoms with van der Waals surface area (Å²) < 4.78 is 11.3. The molecule has 0 radical (unpaired) electrons. The summed E-state index contributed by atoms with van der Waals surface area (Å²) in [5.74, 6) is 1.54. The van der Waals surface area contributed by atoms with Crippen LogP contribution in [0.1, 0.15) is 31.9 Å². The third-order valence-corrected chi connectivity index (χ3v) is 4.56. The van der Waals surface area contributed by atoms with Crippen molar-refractivity contribution < 1.29 is 19.7 Å². The van der Waals surface area contributed by atoms with Crippen molar-refractivity contribution in [2.75, 3.05) is 33.4 Å². The second-order valence-electron chi connectivity index (χ2n) is 8.02. The number of halogens is 1. The lowest BCUT2D eigenvalue weighted by Crippen LogP contribution is -2.37. The van der Waals surface area contributed by atoms with Gasteiger partial charge in [-0.05, 0) is 29.2 Å². The average Bonchev–Trinajstić information content (AvgIpc) is 2.66. The van der Waals surface area contributed by atoms with Crippen LogP contribution in [0, 0.1) is 0 Å². The Morgan fingerprint density at radius 1 is 1.07 bits per heavy atom. The standard InChI is InChI=1S/C23H33NO4.ClH/c1-23(2,3)21-14-20(27-4)10-11-22(21)28-17-19(26)16-24(12-13-25)15-18-8-6-5-7-9-18;/h5-11,14,19,25-26H,12-13,15-17H2,1-4H3;1H. The van der Waals surface area contributed by atoms with E-state index in [2.05, 4.69) is 20.8 Å². The van der Waals surface area contributed by atoms with Crippen LogP contribution in [-0.2, 0) is 12.0 Å². The minimum atomic E-state index is -0.662. The van der Waals surface area contributed by atoms with Gasteiger partial charge in [0.05, 0.1) is 13.7 Å². The van der Waals surface area contributed by atoms with Crippen LogP contribution in [0.15, 0.2) is 48.5 Å². The molecule has 2 aromatic carbocycles. The highest BCUT2D eigenvalue weighted by Gasteiger charge is 2.21. The summed E-state index contributed by atoms with van der Waals surface area (Å²) >= 11 is 0. The number of methoxy groups -OCH3 is 1. The molecule has 0 bridgehead atoms. The fraction of sp³-hybridized carbons (Fsp3) is 0.478. The van der Waals surface area contributed by atoms with Crippen molar-refractivity contribution >= 4 is 12.4 Å². The fourth-order valence-corrected chi connectivity index (χ4v) is 3.10. The molecular weight excluding hydrogens is 390 g/mol. The van der Waals surface area contributed by atoms with E-state index in [1.807, 2.05) is 53.4 Å². The van der Waals surface area contributed by atoms with Crippen LogP contribution >= 0.6 is 12.4 Å². The Labute approximate surface area is 180 Å². The van der Waals surface area contributed by atoms with E-state index < -0.39 is 6.10 Å². The van der Waals surface area contributed by atoms with Crippen molar-refractivity contribution in [2.24, 2.45) is 0 Å². The van der Waals surface area contributed by atoms with Crippen LogP contribution in [-0.4, -0.2) is 54.6 Å². The molecule has 0 heterocycles. The Balaban J connectivity index is 0.00000420. The summed E-state index contributed by atoms with van der Waals surface area (Å²) in [6.07, 6.45) is -0.662. The summed E-state index contributed by atoms with van der Waals surface area (Å²) in [4.78, 5) is 2.03. The molecule has 0 saturated carbocycles. The van der Waals surface area contributed by atoms with Crippen LogP contribution in [0.2, 0.25) is 0 Å². The quantitative estimate of drug-likeness (QED) is 0.610. The van der Waals surface area contributed by atoms with Crippen molar-refractivity contribution in [3.05, 3.63) is 59.7 Å². The Morgan fingerprint density at radius 3 is 2.34 bits per heavy atom. The Hall–Kier alpha value is -1.79. The molecule has 6 heteroatoms. The van der Waals surface area contributed by atoms with E-state index in [1.54, 1.807) is 7.11 Å². The highest BCUT2D eigenvalue weighted by molar-refractivity contribution is 5.85. The van der Waals surface area contributed by atoms with Gasteiger partial charge in [-0.25, -0.2) is 0 Å². The first-order valence-electron chi connectivity index (χ1n) is 9.70. The minimum absolute atomic E-state index is 0. The fourth-order valence-electron chi connectivity index (χ4n) is 3.10. The van der Waals surface area contributed by atoms with Gasteiger partial charge in [0.25, 0.3) is 0 Å². The van der Waals surface area contributed by atoms with Crippen molar-refractivity contribution in [1.82, 2.24) is 4.90 Å². The van der Waals surface area contributed by atoms with Gasteiger partial charge in [0.1, 0.15) is 24.2 Å². The van der Waals surface area contributed by atoms with Gasteiger partial charge in [-0.1, -0.05) is 51.1 Å². The normalized spacial score (nSPS) is 12.4. The average molecular weight is 424 g/mol. The number of rotatable bonds is 10. The SMILES string of the molecule is COc1ccc(OCC(O)CN(CCO)Cc2ccccc2)c(C(C)(C)C)c1.Cl. The molecule has 0 fully saturated rings. The Bertz CT molecular complexity index is 719. The molecule has 0 saturated heterocycles. The molecule has 1 unspecified atom stereocenters. The van der Waals surface area contributed by atoms with Gasteiger partial charge in [-0.2, -0.15) is 0 Å². The van der Waals surface area contributed by atoms with Gasteiger partial charge in [0.15, 0.2) is 0 Å². The number of aliphatic hydroxyl groups excluding tert-OH is 2. The molecule has 0 aliphatic heterocycles. The summed E-state index contributed by atoms with van der Waals surface area (Å²) in [7, 11) is 1.65. The van der Waals surface area contributed by atoms with Gasteiger partial charge in [-0.3, -0.25) is 4.90 Å². The van der Waals surface area contributed by atoms with E-state index in [-0.39, 0.29) is 31.0 Å². The molecule has 0 aromatic heterocycles. The van der Waals surface area contributed by atoms with Crippen LogP contribution in [0.25, 0.3) is 0 Å². The second kappa shape index (κ2) is 12.0. The van der Waals surface area contributed by atoms with Crippen LogP contribution < -0.4 is 9.47 Å². The summed E-state index contributed by atoms with van der Waals surface area (Å²) in [6.45, 7) is 8.20. The van der Waals surface area contributed by atoms with E-state index in [9.17, 15) is 10.2 Å². The van der Waals surface area contributed by atoms with Crippen LogP contribution in [0.5, 0.6) is 11.5 Å². The summed E-state index contributed by atoms with van der Waals surface area (Å²) in [5, 5.41) is 19.9. The first-order chi connectivity index (χ1) is 13.3. The predicted octanol–water partition coefficient (Wildman–Crippen LogP) is 3.65. The highest BCUT2D eigenvalue weighted by atomic mass is 35.5. The predicted molar refractivity (Wildman–Crippen MR) is 119 cm³/mol. The van der Waals surface area contributed by atoms with Crippen molar-refractivity contribution in [1.29, 1.82) is 0 Å². The van der Waals surface area contributed by atoms with E-state index in [0.717, 1.165) is 22.6 Å². The maximum atomic E-state index is 10.5. The van der Waals surface area contributed by atoms with Gasteiger partial charge >= 0.3 is 0 Å². The van der Waals surface area contributed by atoms with Gasteiger partial charge in [-0.15, -0.1) is 12.4 Å². The van der Waals surface area contributed by atoms with Crippen molar-refractivity contribution in [3.63, 3.8) is 0 Å². The summed E-state index contributed by atoms with van der Waals surface area (Å²) in [6, 6.07) is 15.8. The minimum Gasteiger partial charge on any atom is -0.497 e. The highest BCUT2D eigenvalue weighted by Crippen LogP contribution is 2.34. The lowest BCUT2D eigenvalue weighted by atomic mass is 9.86. The molecule has 162 valence electrons. The molecule has 0 aliphatic rings. The van der Waals surface area contributed by atoms with Gasteiger partial charge in [0.2, 0.25) is 0 Å². The molecule has 1 atom stereocenters. The Morgan fingerprint density at radius 2 is 1.76 bits per heavy atom. The number of hydrogen-bond acceptors (Lipinski definition) is 5. The van der Waals surface area contributed by atoms with E-state index in [1.165, 1.54) is 0 Å². The third kappa shape index (κ3) is 8.23. The number of nitrogens with zero attached hydrogens (tertiary/aromatic N) is 1. The number of aliphatic hydroxyl groups is 2. The van der Waals surface area contributed by atoms with Crippen LogP contribution in [0.3, 0.4) is 0 Å². The first-order valence-corrected chi connectivity index (χ1v) is 9.70. The largest absolute Gasteiger partial charge is 0.497 e. The van der Waals surface area contributed by atoms with E-state index in [4.69, 9.17) is 9.47 Å². The molecule has 0 amide bonds. The molecular formula is C23H34ClNO4. The van der Waals surface area contributed by atoms with Crippen LogP contribution in [0.4, 0.5) is 0 Å². The molecule has 0 aliphatic carbocycles. The summed E-state index contributed by atoms with van der Waals surface area (Å²) in [5.41, 5.74) is 2.08. The molecule has 0 spiro atoms. The molecule has 2 N–H and O–H groups in total. The molecule has 29 heavy (non-hydrogen) atoms. The maximum absolute atomic E-state index is 10.5. The Kier molecular flexibility index (Phi) is 10.5. The van der Waals surface area contributed by atoms with Gasteiger partial charge < -0.3 is 19.7 Å². The topological polar surface area (TPSA) is 62.2 Å². The maximum Gasteiger partial charge on any atom is 0.123 e. The lowest BCUT2D eigenvalue weighted by Gasteiger charge is -2.26. The van der Waals surface area contributed by atoms with Crippen molar-refractivity contribution in [2.45, 2.75) is 38.8 Å². The zero-order valence-corrected chi connectivity index (χ0v) is 18.6. The monoisotopic (exact) mass is 423 g/mol. The zero-order chi connectivity index (χ0) is 20.6. The van der Waals surface area contributed by atoms with E-state index in [0.29, 0.717) is 19.6 Å². The van der Waals surface area contributed by atoms with Crippen molar-refractivity contribution in [3.8, 4) is 11.5 Å². The smallest absolute Gasteiger partial charge is 0.123 e. The number of hydrogen-bond donors (Lipinski definition) is 2. The number of ether oxygens (including phenoxy) is 2. The second-order valence-corrected chi connectivity index (χ2v) is 8.02. The zero-order valence-electron chi connectivity index (χ0n) is 17.8. The number of benzene rings is 2. The molecule has 2 rings (SSSR count). The third-order valence-electron chi connectivity index (χ3n) is 4.56. The van der Waals surface area contributed by atoms with E-state index >= 15 is 0 Å². The molecule has 5 nitrogen and oxygen atoms in total.